The maximum absolute atomic E-state index is 11.7. The van der Waals surface area contributed by atoms with Gasteiger partial charge in [0.05, 0.1) is 13.2 Å². The molecule has 1 aromatic carbocycles. The highest BCUT2D eigenvalue weighted by Gasteiger charge is 2.22. The lowest BCUT2D eigenvalue weighted by atomic mass is 10.1. The zero-order chi connectivity index (χ0) is 17.4. The van der Waals surface area contributed by atoms with Crippen LogP contribution < -0.4 is 5.32 Å². The molecule has 24 heavy (non-hydrogen) atoms. The van der Waals surface area contributed by atoms with E-state index in [0.717, 1.165) is 31.6 Å². The number of amides is 1. The lowest BCUT2D eigenvalue weighted by Crippen LogP contribution is -2.32. The first-order chi connectivity index (χ1) is 11.5. The molecule has 1 unspecified atom stereocenters. The van der Waals surface area contributed by atoms with E-state index < -0.39 is 0 Å². The number of alkyl carbamates (subject to hydrolysis) is 1. The van der Waals surface area contributed by atoms with E-state index in [1.165, 1.54) is 5.56 Å². The Kier molecular flexibility index (Phi) is 7.49. The number of hydrogen-bond donors (Lipinski definition) is 1. The van der Waals surface area contributed by atoms with Gasteiger partial charge in [0, 0.05) is 26.2 Å². The van der Waals surface area contributed by atoms with E-state index in [2.05, 4.69) is 53.5 Å². The van der Waals surface area contributed by atoms with Crippen LogP contribution in [-0.2, 0) is 22.6 Å². The normalized spacial score (nSPS) is 18.1. The Morgan fingerprint density at radius 2 is 2.00 bits per heavy atom. The molecule has 0 aromatic heterocycles. The molecule has 1 aromatic rings. The van der Waals surface area contributed by atoms with Gasteiger partial charge in [-0.05, 0) is 38.7 Å². The van der Waals surface area contributed by atoms with Crippen molar-refractivity contribution in [2.45, 2.75) is 25.7 Å². The lowest BCUT2D eigenvalue weighted by Gasteiger charge is -2.13. The van der Waals surface area contributed by atoms with Gasteiger partial charge < -0.3 is 24.6 Å². The first-order valence-electron chi connectivity index (χ1n) is 8.46. The van der Waals surface area contributed by atoms with Gasteiger partial charge in [0.2, 0.25) is 0 Å². The third-order valence-electron chi connectivity index (χ3n) is 3.93. The summed E-state index contributed by atoms with van der Waals surface area (Å²) in [5.74, 6) is 0. The molecule has 6 nitrogen and oxygen atoms in total. The van der Waals surface area contributed by atoms with Gasteiger partial charge >= 0.3 is 6.09 Å². The number of ether oxygens (including phenoxy) is 2. The number of likely N-dealkylation sites (tertiary alicyclic amines) is 1. The molecule has 1 aliphatic heterocycles. The second-order valence-electron chi connectivity index (χ2n) is 6.61. The highest BCUT2D eigenvalue weighted by molar-refractivity contribution is 5.67. The monoisotopic (exact) mass is 335 g/mol. The van der Waals surface area contributed by atoms with Crippen LogP contribution >= 0.6 is 0 Å². The van der Waals surface area contributed by atoms with Crippen molar-refractivity contribution in [3.8, 4) is 0 Å². The van der Waals surface area contributed by atoms with Crippen molar-refractivity contribution in [2.24, 2.45) is 0 Å². The van der Waals surface area contributed by atoms with E-state index in [-0.39, 0.29) is 12.2 Å². The van der Waals surface area contributed by atoms with Crippen molar-refractivity contribution >= 4 is 6.09 Å². The van der Waals surface area contributed by atoms with Crippen LogP contribution in [0.25, 0.3) is 0 Å². The van der Waals surface area contributed by atoms with Crippen molar-refractivity contribution in [1.29, 1.82) is 0 Å². The molecule has 0 radical (unpaired) electrons. The fourth-order valence-corrected chi connectivity index (χ4v) is 2.71. The molecule has 0 aliphatic carbocycles. The highest BCUT2D eigenvalue weighted by atomic mass is 16.6. The van der Waals surface area contributed by atoms with Gasteiger partial charge in [-0.25, -0.2) is 4.79 Å². The summed E-state index contributed by atoms with van der Waals surface area (Å²) in [7, 11) is 6.14. The van der Waals surface area contributed by atoms with Crippen LogP contribution in [0.15, 0.2) is 24.3 Å². The lowest BCUT2D eigenvalue weighted by molar-refractivity contribution is 0.0919. The molecule has 1 atom stereocenters. The molecule has 1 heterocycles. The maximum atomic E-state index is 11.7. The van der Waals surface area contributed by atoms with Gasteiger partial charge in [-0.3, -0.25) is 0 Å². The molecule has 1 saturated heterocycles. The summed E-state index contributed by atoms with van der Waals surface area (Å²) < 4.78 is 10.9. The van der Waals surface area contributed by atoms with Crippen LogP contribution in [0, 0.1) is 0 Å². The smallest absolute Gasteiger partial charge is 0.407 e. The zero-order valence-corrected chi connectivity index (χ0v) is 15.0. The summed E-state index contributed by atoms with van der Waals surface area (Å²) in [5, 5.41) is 2.73. The number of rotatable bonds is 8. The summed E-state index contributed by atoms with van der Waals surface area (Å²) in [6.07, 6.45) is 0.563. The van der Waals surface area contributed by atoms with Gasteiger partial charge in [0.15, 0.2) is 0 Å². The van der Waals surface area contributed by atoms with Crippen molar-refractivity contribution in [1.82, 2.24) is 15.1 Å². The molecule has 2 rings (SSSR count). The topological polar surface area (TPSA) is 54.0 Å². The van der Waals surface area contributed by atoms with Crippen molar-refractivity contribution in [3.63, 3.8) is 0 Å². The number of benzene rings is 1. The van der Waals surface area contributed by atoms with E-state index in [1.54, 1.807) is 0 Å². The largest absolute Gasteiger partial charge is 0.445 e. The van der Waals surface area contributed by atoms with Crippen LogP contribution in [0.2, 0.25) is 0 Å². The van der Waals surface area contributed by atoms with E-state index in [9.17, 15) is 4.79 Å². The molecule has 0 saturated carbocycles. The second kappa shape index (κ2) is 9.61. The molecule has 6 heteroatoms. The summed E-state index contributed by atoms with van der Waals surface area (Å²) >= 11 is 0. The number of carbonyl (C=O) groups is 1. The first kappa shape index (κ1) is 18.7. The number of nitrogens with one attached hydrogen (secondary N) is 1. The number of nitrogens with zero attached hydrogens (tertiary/aromatic N) is 2. The van der Waals surface area contributed by atoms with Crippen LogP contribution in [0.5, 0.6) is 0 Å². The highest BCUT2D eigenvalue weighted by Crippen LogP contribution is 2.10. The molecule has 1 N–H and O–H groups in total. The second-order valence-corrected chi connectivity index (χ2v) is 6.61. The Morgan fingerprint density at radius 1 is 1.29 bits per heavy atom. The van der Waals surface area contributed by atoms with Gasteiger partial charge in [-0.2, -0.15) is 0 Å². The average molecular weight is 335 g/mol. The third kappa shape index (κ3) is 6.86. The number of hydrogen-bond acceptors (Lipinski definition) is 5. The summed E-state index contributed by atoms with van der Waals surface area (Å²) in [6, 6.07) is 8.40. The Morgan fingerprint density at radius 3 is 2.62 bits per heavy atom. The Labute approximate surface area is 144 Å². The first-order valence-corrected chi connectivity index (χ1v) is 8.46. The van der Waals surface area contributed by atoms with Crippen LogP contribution in [-0.4, -0.2) is 69.4 Å². The molecule has 0 bridgehead atoms. The van der Waals surface area contributed by atoms with Crippen molar-refractivity contribution < 1.29 is 14.3 Å². The fourth-order valence-electron chi connectivity index (χ4n) is 2.71. The van der Waals surface area contributed by atoms with Crippen LogP contribution in [0.1, 0.15) is 17.5 Å². The predicted molar refractivity (Wildman–Crippen MR) is 93.9 cm³/mol. The van der Waals surface area contributed by atoms with Gasteiger partial charge in [0.25, 0.3) is 0 Å². The van der Waals surface area contributed by atoms with E-state index in [4.69, 9.17) is 9.47 Å². The summed E-state index contributed by atoms with van der Waals surface area (Å²) in [6.45, 7) is 4.21. The minimum Gasteiger partial charge on any atom is -0.445 e. The molecule has 0 spiro atoms. The molecule has 134 valence electrons. The molecule has 1 aliphatic rings. The Balaban J connectivity index is 1.55. The molecular weight excluding hydrogens is 306 g/mol. The minimum atomic E-state index is -0.355. The summed E-state index contributed by atoms with van der Waals surface area (Å²) in [5.41, 5.74) is 2.42. The van der Waals surface area contributed by atoms with Crippen molar-refractivity contribution in [2.75, 3.05) is 47.4 Å². The Hall–Kier alpha value is -1.63. The summed E-state index contributed by atoms with van der Waals surface area (Å²) in [4.78, 5) is 15.9. The fraction of sp³-hybridized carbons (Fsp3) is 0.611. The molecule has 1 amide bonds. The zero-order valence-electron chi connectivity index (χ0n) is 15.0. The van der Waals surface area contributed by atoms with Gasteiger partial charge in [-0.1, -0.05) is 24.3 Å². The quantitative estimate of drug-likeness (QED) is 0.733. The standard InChI is InChI=1S/C18H29N3O3/c1-20(2)12-15-4-6-16(7-5-15)14-23-11-9-19-18(22)24-17-8-10-21(3)13-17/h4-7,17H,8-14H2,1-3H3,(H,19,22). The molecule has 1 fully saturated rings. The predicted octanol–water partition coefficient (Wildman–Crippen LogP) is 1.70. The van der Waals surface area contributed by atoms with Crippen LogP contribution in [0.3, 0.4) is 0 Å². The average Bonchev–Trinajstić information content (AvgIpc) is 2.93. The third-order valence-corrected chi connectivity index (χ3v) is 3.93. The van der Waals surface area contributed by atoms with E-state index in [0.29, 0.717) is 19.8 Å². The Bertz CT molecular complexity index is 505. The van der Waals surface area contributed by atoms with Gasteiger partial charge in [0.1, 0.15) is 6.10 Å². The van der Waals surface area contributed by atoms with Crippen LogP contribution in [0.4, 0.5) is 4.79 Å². The van der Waals surface area contributed by atoms with E-state index in [1.807, 2.05) is 7.05 Å². The number of carbonyl (C=O) groups excluding carboxylic acids is 1. The maximum Gasteiger partial charge on any atom is 0.407 e. The van der Waals surface area contributed by atoms with Crippen molar-refractivity contribution in [3.05, 3.63) is 35.4 Å². The van der Waals surface area contributed by atoms with Gasteiger partial charge in [-0.15, -0.1) is 0 Å². The SMILES string of the molecule is CN(C)Cc1ccc(COCCNC(=O)OC2CCN(C)C2)cc1. The van der Waals surface area contributed by atoms with E-state index >= 15 is 0 Å². The number of likely N-dealkylation sites (N-methyl/N-ethyl adjacent to an activating group) is 1. The minimum absolute atomic E-state index is 0.0107. The molecular formula is C18H29N3O3.